The molecule has 2 N–H and O–H groups in total. The van der Waals surface area contributed by atoms with Crippen LogP contribution in [0.25, 0.3) is 0 Å². The van der Waals surface area contributed by atoms with Crippen LogP contribution in [0.3, 0.4) is 0 Å². The molecule has 0 bridgehead atoms. The third-order valence-electron chi connectivity index (χ3n) is 5.34. The summed E-state index contributed by atoms with van der Waals surface area (Å²) in [5.41, 5.74) is 7.13. The Labute approximate surface area is 182 Å². The molecule has 162 valence electrons. The van der Waals surface area contributed by atoms with Crippen molar-refractivity contribution >= 4 is 11.6 Å². The van der Waals surface area contributed by atoms with E-state index in [-0.39, 0.29) is 23.5 Å². The summed E-state index contributed by atoms with van der Waals surface area (Å²) < 4.78 is 0. The number of Topliss-reactive ketones (excluding diaryl/α,β-unsaturated/α-hetero) is 2. The maximum absolute atomic E-state index is 13.0. The Bertz CT molecular complexity index is 827. The Balaban J connectivity index is 6.11. The fourth-order valence-corrected chi connectivity index (χ4v) is 2.49. The summed E-state index contributed by atoms with van der Waals surface area (Å²) in [5.74, 6) is -0.369. The van der Waals surface area contributed by atoms with Crippen molar-refractivity contribution in [3.63, 3.8) is 0 Å². The second kappa shape index (κ2) is 12.0. The molecule has 0 heterocycles. The number of hydrogen-bond donors (Lipinski definition) is 1. The van der Waals surface area contributed by atoms with Crippen molar-refractivity contribution < 1.29 is 9.59 Å². The molecule has 0 radical (unpaired) electrons. The molecule has 3 heteroatoms. The Morgan fingerprint density at radius 2 is 1.17 bits per heavy atom. The van der Waals surface area contributed by atoms with Crippen LogP contribution in [0.15, 0.2) is 97.2 Å². The topological polar surface area (TPSA) is 60.2 Å². The molecular weight excluding hydrogens is 370 g/mol. The van der Waals surface area contributed by atoms with E-state index in [4.69, 9.17) is 5.73 Å². The first-order valence-corrected chi connectivity index (χ1v) is 10.1. The van der Waals surface area contributed by atoms with Crippen LogP contribution in [0.1, 0.15) is 41.0 Å². The van der Waals surface area contributed by atoms with Crippen LogP contribution >= 0.6 is 0 Å². The SMILES string of the molecule is C=C/C(=C\C=C(/C=C)C(=O)C(C)(C)CN)C(=O)/C(C=C)=C/C=C(\C=C)C(C)(C)CC. The lowest BCUT2D eigenvalue weighted by molar-refractivity contribution is -0.122. The van der Waals surface area contributed by atoms with Crippen LogP contribution in [0.4, 0.5) is 0 Å². The average Bonchev–Trinajstić information content (AvgIpc) is 2.73. The number of hydrogen-bond acceptors (Lipinski definition) is 3. The van der Waals surface area contributed by atoms with Gasteiger partial charge in [-0.2, -0.15) is 0 Å². The second-order valence-corrected chi connectivity index (χ2v) is 8.29. The molecule has 30 heavy (non-hydrogen) atoms. The molecule has 0 unspecified atom stereocenters. The van der Waals surface area contributed by atoms with Gasteiger partial charge in [0.25, 0.3) is 0 Å². The fourth-order valence-electron chi connectivity index (χ4n) is 2.49. The lowest BCUT2D eigenvalue weighted by Gasteiger charge is -2.24. The van der Waals surface area contributed by atoms with Gasteiger partial charge in [-0.25, -0.2) is 0 Å². The van der Waals surface area contributed by atoms with E-state index in [1.165, 1.54) is 18.2 Å². The maximum atomic E-state index is 13.0. The van der Waals surface area contributed by atoms with Crippen molar-refractivity contribution in [2.24, 2.45) is 16.6 Å². The lowest BCUT2D eigenvalue weighted by Crippen LogP contribution is -2.33. The molecule has 0 aromatic rings. The average molecular weight is 408 g/mol. The third kappa shape index (κ3) is 7.23. The minimum absolute atomic E-state index is 0.0531. The van der Waals surface area contributed by atoms with Gasteiger partial charge in [0.1, 0.15) is 0 Å². The first-order chi connectivity index (χ1) is 13.9. The fraction of sp³-hybridized carbons (Fsp3) is 0.333. The number of carbonyl (C=O) groups excluding carboxylic acids is 2. The van der Waals surface area contributed by atoms with Gasteiger partial charge in [0.15, 0.2) is 11.6 Å². The lowest BCUT2D eigenvalue weighted by atomic mass is 9.81. The highest BCUT2D eigenvalue weighted by atomic mass is 16.1. The summed E-state index contributed by atoms with van der Waals surface area (Å²) in [4.78, 5) is 25.6. The van der Waals surface area contributed by atoms with E-state index in [1.54, 1.807) is 38.2 Å². The van der Waals surface area contributed by atoms with Gasteiger partial charge in [0, 0.05) is 28.7 Å². The van der Waals surface area contributed by atoms with E-state index in [0.717, 1.165) is 12.0 Å². The van der Waals surface area contributed by atoms with Crippen molar-refractivity contribution in [3.05, 3.63) is 97.2 Å². The Morgan fingerprint density at radius 1 is 0.733 bits per heavy atom. The third-order valence-corrected chi connectivity index (χ3v) is 5.34. The Kier molecular flexibility index (Phi) is 10.9. The van der Waals surface area contributed by atoms with Gasteiger partial charge in [-0.05, 0) is 17.4 Å². The summed E-state index contributed by atoms with van der Waals surface area (Å²) in [5, 5.41) is 0. The van der Waals surface area contributed by atoms with Crippen LogP contribution in [0.2, 0.25) is 0 Å². The standard InChI is InChI=1S/C27H37NO2/c1-10-20(15-16-22(12-3)25(30)27(8,9)19-28)24(29)21(11-2)17-18-23(13-4)26(6,7)14-5/h10-13,15-18H,1-4,14,19,28H2,5-9H3/b20-15+,21-17+,22-16+,23-18+. The van der Waals surface area contributed by atoms with Crippen molar-refractivity contribution in [3.8, 4) is 0 Å². The summed E-state index contributed by atoms with van der Waals surface area (Å²) in [6.07, 6.45) is 14.0. The predicted molar refractivity (Wildman–Crippen MR) is 130 cm³/mol. The molecule has 0 rings (SSSR count). The highest BCUT2D eigenvalue weighted by Gasteiger charge is 2.27. The van der Waals surface area contributed by atoms with Crippen LogP contribution in [-0.2, 0) is 9.59 Å². The molecule has 0 fully saturated rings. The summed E-state index contributed by atoms with van der Waals surface area (Å²) in [6.45, 7) is 25.2. The molecule has 0 aliphatic heterocycles. The number of nitrogens with two attached hydrogens (primary N) is 1. The highest BCUT2D eigenvalue weighted by Crippen LogP contribution is 2.30. The van der Waals surface area contributed by atoms with E-state index < -0.39 is 5.41 Å². The monoisotopic (exact) mass is 407 g/mol. The largest absolute Gasteiger partial charge is 0.329 e. The van der Waals surface area contributed by atoms with Crippen LogP contribution in [-0.4, -0.2) is 18.1 Å². The van der Waals surface area contributed by atoms with Gasteiger partial charge in [-0.15, -0.1) is 0 Å². The first kappa shape index (κ1) is 27.2. The molecule has 0 amide bonds. The molecule has 0 saturated heterocycles. The summed E-state index contributed by atoms with van der Waals surface area (Å²) in [6, 6.07) is 0. The van der Waals surface area contributed by atoms with Crippen molar-refractivity contribution in [1.82, 2.24) is 0 Å². The first-order valence-electron chi connectivity index (χ1n) is 10.1. The van der Waals surface area contributed by atoms with Crippen molar-refractivity contribution in [1.29, 1.82) is 0 Å². The van der Waals surface area contributed by atoms with E-state index in [0.29, 0.717) is 16.7 Å². The second-order valence-electron chi connectivity index (χ2n) is 8.29. The van der Waals surface area contributed by atoms with E-state index >= 15 is 0 Å². The predicted octanol–water partition coefficient (Wildman–Crippen LogP) is 6.00. The minimum Gasteiger partial charge on any atom is -0.329 e. The number of ketones is 2. The van der Waals surface area contributed by atoms with Gasteiger partial charge >= 0.3 is 0 Å². The minimum atomic E-state index is -0.712. The number of allylic oxidation sites excluding steroid dienone is 12. The number of carbonyl (C=O) groups is 2. The van der Waals surface area contributed by atoms with Gasteiger partial charge in [-0.3, -0.25) is 9.59 Å². The van der Waals surface area contributed by atoms with E-state index in [9.17, 15) is 9.59 Å². The normalized spacial score (nSPS) is 14.2. The van der Waals surface area contributed by atoms with Gasteiger partial charge < -0.3 is 5.73 Å². The zero-order valence-electron chi connectivity index (χ0n) is 19.3. The molecule has 0 spiro atoms. The Morgan fingerprint density at radius 3 is 1.53 bits per heavy atom. The van der Waals surface area contributed by atoms with Crippen molar-refractivity contribution in [2.75, 3.05) is 6.54 Å². The summed E-state index contributed by atoms with van der Waals surface area (Å²) >= 11 is 0. The van der Waals surface area contributed by atoms with Gasteiger partial charge in [0.05, 0.1) is 0 Å². The maximum Gasteiger partial charge on any atom is 0.192 e. The molecular formula is C27H37NO2. The quantitative estimate of drug-likeness (QED) is 0.301. The van der Waals surface area contributed by atoms with Crippen LogP contribution in [0.5, 0.6) is 0 Å². The van der Waals surface area contributed by atoms with E-state index in [2.05, 4.69) is 47.1 Å². The smallest absolute Gasteiger partial charge is 0.192 e. The summed E-state index contributed by atoms with van der Waals surface area (Å²) in [7, 11) is 0. The zero-order valence-corrected chi connectivity index (χ0v) is 19.3. The van der Waals surface area contributed by atoms with Crippen LogP contribution in [0, 0.1) is 10.8 Å². The molecule has 0 aliphatic carbocycles. The van der Waals surface area contributed by atoms with Gasteiger partial charge in [0.2, 0.25) is 0 Å². The van der Waals surface area contributed by atoms with Crippen molar-refractivity contribution in [2.45, 2.75) is 41.0 Å². The molecule has 3 nitrogen and oxygen atoms in total. The zero-order chi connectivity index (χ0) is 23.5. The molecule has 0 saturated carbocycles. The molecule has 0 aliphatic rings. The van der Waals surface area contributed by atoms with Crippen LogP contribution < -0.4 is 5.73 Å². The Hall–Kier alpha value is -2.78. The molecule has 0 aromatic carbocycles. The highest BCUT2D eigenvalue weighted by molar-refractivity contribution is 6.12. The van der Waals surface area contributed by atoms with E-state index in [1.807, 2.05) is 6.08 Å². The van der Waals surface area contributed by atoms with Gasteiger partial charge in [-0.1, -0.05) is 110 Å². The molecule has 0 aromatic heterocycles. The molecule has 0 atom stereocenters. The number of rotatable bonds is 13.